The molecule has 4 heteroatoms. The van der Waals surface area contributed by atoms with Crippen molar-refractivity contribution in [1.29, 1.82) is 0 Å². The maximum absolute atomic E-state index is 6.57. The lowest BCUT2D eigenvalue weighted by Gasteiger charge is -2.33. The molecule has 0 amide bonds. The summed E-state index contributed by atoms with van der Waals surface area (Å²) in [6, 6.07) is 111. The van der Waals surface area contributed by atoms with Crippen molar-refractivity contribution in [3.8, 4) is 44.5 Å². The molecule has 0 fully saturated rings. The van der Waals surface area contributed by atoms with Crippen LogP contribution in [0.25, 0.3) is 110 Å². The fourth-order valence-electron chi connectivity index (χ4n) is 14.6. The molecule has 85 heavy (non-hydrogen) atoms. The smallest absolute Gasteiger partial charge is 0.143 e. The SMILES string of the molecule is c1ccc2c(c1)-c1ccc(N(c3ccc(-c4cccc5c4oc4ccccc45)cc3)c3cccc4ccccc34)cc1C21c2ccccc2-c2ccc(N(c3ccc(-c4cccc5c4oc4ccccc45)cc3)c3cccc4ccccc34)cc21. The number of rotatable bonds is 8. The number of benzene rings is 14. The number of hydrogen-bond acceptors (Lipinski definition) is 4. The summed E-state index contributed by atoms with van der Waals surface area (Å²) in [7, 11) is 0. The van der Waals surface area contributed by atoms with Crippen molar-refractivity contribution >= 4 is 99.5 Å². The summed E-state index contributed by atoms with van der Waals surface area (Å²) in [6.07, 6.45) is 0. The van der Waals surface area contributed by atoms with Crippen LogP contribution in [0.5, 0.6) is 0 Å². The zero-order chi connectivity index (χ0) is 55.7. The standard InChI is InChI=1S/C81H50N2O2/c1-3-21-59-51(17-1)19-13-33-75(59)82(55-41-37-53(38-42-55)61-27-15-29-69-67-25-7-11-35-77(67)84-79(61)69)57-45-47-65-63-23-5-9-31-71(63)81(73(65)49-57)72-32-10-6-24-64(72)66-48-46-58(50-74(66)81)83(76-34-14-20-52-18-2-4-22-60(52)76)56-43-39-54(40-44-56)62-28-16-30-70-68-26-8-12-36-78(68)85-80(62)70/h1-50H. The molecule has 0 saturated carbocycles. The topological polar surface area (TPSA) is 32.8 Å². The summed E-state index contributed by atoms with van der Waals surface area (Å²) in [4.78, 5) is 4.92. The Bertz CT molecular complexity index is 5050. The van der Waals surface area contributed by atoms with Gasteiger partial charge in [0.15, 0.2) is 0 Å². The number of nitrogens with zero attached hydrogens (tertiary/aromatic N) is 2. The molecule has 0 aliphatic heterocycles. The average molecular weight is 1080 g/mol. The van der Waals surface area contributed by atoms with Crippen LogP contribution >= 0.6 is 0 Å². The highest BCUT2D eigenvalue weighted by atomic mass is 16.3. The van der Waals surface area contributed by atoms with Gasteiger partial charge in [0.1, 0.15) is 22.3 Å². The Kier molecular flexibility index (Phi) is 10.3. The highest BCUT2D eigenvalue weighted by molar-refractivity contribution is 6.11. The number of anilines is 6. The summed E-state index contributed by atoms with van der Waals surface area (Å²) in [5.41, 5.74) is 23.8. The molecule has 4 nitrogen and oxygen atoms in total. The van der Waals surface area contributed by atoms with E-state index in [-0.39, 0.29) is 0 Å². The third-order valence-corrected chi connectivity index (χ3v) is 18.3. The first-order valence-electron chi connectivity index (χ1n) is 29.2. The van der Waals surface area contributed by atoms with Crippen LogP contribution in [0.15, 0.2) is 312 Å². The van der Waals surface area contributed by atoms with E-state index in [1.54, 1.807) is 0 Å². The Morgan fingerprint density at radius 2 is 0.576 bits per heavy atom. The molecule has 2 aliphatic rings. The van der Waals surface area contributed by atoms with Gasteiger partial charge >= 0.3 is 0 Å². The van der Waals surface area contributed by atoms with E-state index in [4.69, 9.17) is 8.83 Å². The molecule has 2 heterocycles. The quantitative estimate of drug-likeness (QED) is 0.152. The van der Waals surface area contributed by atoms with Crippen LogP contribution in [0.1, 0.15) is 22.3 Å². The molecule has 0 radical (unpaired) electrons. The fraction of sp³-hybridized carbons (Fsp3) is 0.0123. The molecule has 2 aliphatic carbocycles. The highest BCUT2D eigenvalue weighted by Gasteiger charge is 2.52. The minimum absolute atomic E-state index is 0.664. The van der Waals surface area contributed by atoms with Gasteiger partial charge in [0.25, 0.3) is 0 Å². The number of fused-ring (bicyclic) bond motifs is 18. The van der Waals surface area contributed by atoms with Crippen molar-refractivity contribution in [2.75, 3.05) is 9.80 Å². The van der Waals surface area contributed by atoms with Crippen LogP contribution in [-0.4, -0.2) is 0 Å². The molecule has 1 spiro atoms. The van der Waals surface area contributed by atoms with Gasteiger partial charge in [-0.15, -0.1) is 0 Å². The van der Waals surface area contributed by atoms with E-state index in [9.17, 15) is 0 Å². The molecule has 0 bridgehead atoms. The van der Waals surface area contributed by atoms with Crippen LogP contribution in [0.3, 0.4) is 0 Å². The van der Waals surface area contributed by atoms with Gasteiger partial charge in [-0.25, -0.2) is 0 Å². The molecule has 18 rings (SSSR count). The van der Waals surface area contributed by atoms with Gasteiger partial charge in [-0.05, 0) is 139 Å². The molecule has 396 valence electrons. The third-order valence-electron chi connectivity index (χ3n) is 18.3. The second-order valence-corrected chi connectivity index (χ2v) is 22.6. The number of para-hydroxylation sites is 4. The normalized spacial score (nSPS) is 12.8. The van der Waals surface area contributed by atoms with Crippen molar-refractivity contribution in [3.05, 3.63) is 326 Å². The highest BCUT2D eigenvalue weighted by Crippen LogP contribution is 2.64. The minimum atomic E-state index is -0.664. The lowest BCUT2D eigenvalue weighted by molar-refractivity contribution is 0.669. The Morgan fingerprint density at radius 3 is 1.05 bits per heavy atom. The maximum Gasteiger partial charge on any atom is 0.143 e. The summed E-state index contributed by atoms with van der Waals surface area (Å²) >= 11 is 0. The van der Waals surface area contributed by atoms with Crippen LogP contribution in [0, 0.1) is 0 Å². The second-order valence-electron chi connectivity index (χ2n) is 22.6. The zero-order valence-corrected chi connectivity index (χ0v) is 46.1. The third kappa shape index (κ3) is 6.97. The predicted octanol–water partition coefficient (Wildman–Crippen LogP) is 22.4. The van der Waals surface area contributed by atoms with Crippen molar-refractivity contribution in [2.24, 2.45) is 0 Å². The van der Waals surface area contributed by atoms with E-state index in [0.29, 0.717) is 0 Å². The first kappa shape index (κ1) is 47.4. The number of hydrogen-bond donors (Lipinski definition) is 0. The molecule has 14 aromatic carbocycles. The van der Waals surface area contributed by atoms with Gasteiger partial charge in [0.2, 0.25) is 0 Å². The van der Waals surface area contributed by atoms with E-state index in [0.717, 1.165) is 100 Å². The molecule has 0 unspecified atom stereocenters. The zero-order valence-electron chi connectivity index (χ0n) is 46.1. The minimum Gasteiger partial charge on any atom is -0.455 e. The van der Waals surface area contributed by atoms with Crippen molar-refractivity contribution < 1.29 is 8.83 Å². The van der Waals surface area contributed by atoms with Crippen LogP contribution < -0.4 is 9.80 Å². The summed E-state index contributed by atoms with van der Waals surface area (Å²) < 4.78 is 13.1. The van der Waals surface area contributed by atoms with Gasteiger partial charge in [0, 0.05) is 66.2 Å². The lowest BCUT2D eigenvalue weighted by atomic mass is 9.70. The lowest BCUT2D eigenvalue weighted by Crippen LogP contribution is -2.26. The monoisotopic (exact) mass is 1080 g/mol. The van der Waals surface area contributed by atoms with Gasteiger partial charge in [-0.1, -0.05) is 231 Å². The van der Waals surface area contributed by atoms with E-state index in [1.807, 2.05) is 12.1 Å². The van der Waals surface area contributed by atoms with Crippen molar-refractivity contribution in [3.63, 3.8) is 0 Å². The maximum atomic E-state index is 6.57. The molecule has 16 aromatic rings. The van der Waals surface area contributed by atoms with Crippen molar-refractivity contribution in [2.45, 2.75) is 5.41 Å². The molecule has 0 atom stereocenters. The van der Waals surface area contributed by atoms with Crippen LogP contribution in [0.2, 0.25) is 0 Å². The first-order valence-corrected chi connectivity index (χ1v) is 29.2. The van der Waals surface area contributed by atoms with E-state index in [2.05, 4.69) is 301 Å². The largest absolute Gasteiger partial charge is 0.455 e. The first-order chi connectivity index (χ1) is 42.2. The van der Waals surface area contributed by atoms with Gasteiger partial charge in [-0.3, -0.25) is 0 Å². The van der Waals surface area contributed by atoms with Crippen molar-refractivity contribution in [1.82, 2.24) is 0 Å². The summed E-state index contributed by atoms with van der Waals surface area (Å²) in [5, 5.41) is 9.21. The van der Waals surface area contributed by atoms with Crippen LogP contribution in [0.4, 0.5) is 34.1 Å². The fourth-order valence-corrected chi connectivity index (χ4v) is 14.6. The van der Waals surface area contributed by atoms with E-state index >= 15 is 0 Å². The Labute approximate surface area is 490 Å². The molecular formula is C81H50N2O2. The predicted molar refractivity (Wildman–Crippen MR) is 353 cm³/mol. The van der Waals surface area contributed by atoms with Gasteiger partial charge in [0.05, 0.1) is 16.8 Å². The van der Waals surface area contributed by atoms with E-state index < -0.39 is 5.41 Å². The summed E-state index contributed by atoms with van der Waals surface area (Å²) in [5.74, 6) is 0. The molecule has 0 saturated heterocycles. The summed E-state index contributed by atoms with van der Waals surface area (Å²) in [6.45, 7) is 0. The average Bonchev–Trinajstić information content (AvgIpc) is 1.54. The molecule has 2 aromatic heterocycles. The molecule has 0 N–H and O–H groups in total. The Hall–Kier alpha value is -11.2. The van der Waals surface area contributed by atoms with Gasteiger partial charge < -0.3 is 18.6 Å². The molecular weight excluding hydrogens is 1030 g/mol. The Balaban J connectivity index is 0.830. The van der Waals surface area contributed by atoms with E-state index in [1.165, 1.54) is 66.1 Å². The second kappa shape index (κ2) is 18.4. The van der Waals surface area contributed by atoms with Gasteiger partial charge in [-0.2, -0.15) is 0 Å². The number of furan rings is 2. The Morgan fingerprint density at radius 1 is 0.235 bits per heavy atom. The van der Waals surface area contributed by atoms with Crippen LogP contribution in [-0.2, 0) is 5.41 Å².